The Morgan fingerprint density at radius 3 is 2.75 bits per heavy atom. The van der Waals surface area contributed by atoms with Crippen LogP contribution in [-0.2, 0) is 6.18 Å². The highest BCUT2D eigenvalue weighted by Crippen LogP contribution is 2.33. The van der Waals surface area contributed by atoms with E-state index in [-0.39, 0.29) is 18.2 Å². The highest BCUT2D eigenvalue weighted by atomic mass is 19.4. The summed E-state index contributed by atoms with van der Waals surface area (Å²) >= 11 is 0. The van der Waals surface area contributed by atoms with Gasteiger partial charge in [-0.15, -0.1) is 0 Å². The molecule has 0 radical (unpaired) electrons. The Balaban J connectivity index is 1.71. The smallest absolute Gasteiger partial charge is 0.417 e. The third-order valence-corrected chi connectivity index (χ3v) is 3.74. The van der Waals surface area contributed by atoms with Gasteiger partial charge in [-0.3, -0.25) is 4.79 Å². The van der Waals surface area contributed by atoms with E-state index in [1.165, 1.54) is 35.6 Å². The minimum absolute atomic E-state index is 0.217. The van der Waals surface area contributed by atoms with Gasteiger partial charge in [-0.2, -0.15) is 13.2 Å². The molecule has 1 aliphatic rings. The van der Waals surface area contributed by atoms with Gasteiger partial charge in [0.15, 0.2) is 0 Å². The second-order valence-electron chi connectivity index (χ2n) is 5.37. The first kappa shape index (κ1) is 16.2. The Morgan fingerprint density at radius 1 is 1.25 bits per heavy atom. The molecule has 1 atom stereocenters. The zero-order valence-corrected chi connectivity index (χ0v) is 12.5. The van der Waals surface area contributed by atoms with Gasteiger partial charge in [0.1, 0.15) is 12.4 Å². The number of carbonyl (C=O) groups excluding carboxylic acids is 1. The molecule has 1 aromatic carbocycles. The number of carbonyl (C=O) groups is 1. The van der Waals surface area contributed by atoms with E-state index in [0.29, 0.717) is 18.8 Å². The van der Waals surface area contributed by atoms with Crippen molar-refractivity contribution in [2.45, 2.75) is 18.7 Å². The van der Waals surface area contributed by atoms with E-state index in [1.807, 2.05) is 0 Å². The molecule has 8 heteroatoms. The lowest BCUT2D eigenvalue weighted by atomic mass is 10.1. The zero-order valence-electron chi connectivity index (χ0n) is 12.5. The number of ether oxygens (including phenoxy) is 1. The fourth-order valence-corrected chi connectivity index (χ4v) is 2.62. The lowest BCUT2D eigenvalue weighted by molar-refractivity contribution is -0.138. The molecule has 0 spiro atoms. The summed E-state index contributed by atoms with van der Waals surface area (Å²) in [6.07, 6.45) is -1.47. The molecule has 0 unspecified atom stereocenters. The largest absolute Gasteiger partial charge is 0.472 e. The summed E-state index contributed by atoms with van der Waals surface area (Å²) in [5, 5.41) is 0. The molecular weight excluding hydrogens is 323 g/mol. The third kappa shape index (κ3) is 3.47. The van der Waals surface area contributed by atoms with Gasteiger partial charge in [-0.25, -0.2) is 9.97 Å². The third-order valence-electron chi connectivity index (χ3n) is 3.74. The van der Waals surface area contributed by atoms with E-state index in [2.05, 4.69) is 9.97 Å². The summed E-state index contributed by atoms with van der Waals surface area (Å²) < 4.78 is 44.8. The van der Waals surface area contributed by atoms with Crippen LogP contribution in [0.2, 0.25) is 0 Å². The van der Waals surface area contributed by atoms with E-state index >= 15 is 0 Å². The van der Waals surface area contributed by atoms with Crippen LogP contribution in [0.4, 0.5) is 13.2 Å². The number of hydrogen-bond acceptors (Lipinski definition) is 4. The maximum Gasteiger partial charge on any atom is 0.417 e. The average molecular weight is 337 g/mol. The second kappa shape index (κ2) is 6.46. The number of amides is 1. The molecule has 0 saturated carbocycles. The predicted molar refractivity (Wildman–Crippen MR) is 78.4 cm³/mol. The maximum atomic E-state index is 13.1. The van der Waals surface area contributed by atoms with Crippen LogP contribution in [0.5, 0.6) is 5.88 Å². The Hall–Kier alpha value is -2.64. The van der Waals surface area contributed by atoms with Crippen LogP contribution in [0.1, 0.15) is 22.3 Å². The molecule has 1 amide bonds. The fourth-order valence-electron chi connectivity index (χ4n) is 2.62. The predicted octanol–water partition coefficient (Wildman–Crippen LogP) is 2.79. The molecule has 126 valence electrons. The number of benzene rings is 1. The van der Waals surface area contributed by atoms with Crippen molar-refractivity contribution in [2.24, 2.45) is 0 Å². The molecule has 1 aliphatic heterocycles. The number of likely N-dealkylation sites (tertiary alicyclic amines) is 1. The van der Waals surface area contributed by atoms with Crippen LogP contribution < -0.4 is 4.74 Å². The lowest BCUT2D eigenvalue weighted by Crippen LogP contribution is -2.32. The van der Waals surface area contributed by atoms with Gasteiger partial charge >= 0.3 is 6.18 Å². The monoisotopic (exact) mass is 337 g/mol. The van der Waals surface area contributed by atoms with Gasteiger partial charge in [0.25, 0.3) is 5.91 Å². The fraction of sp³-hybridized carbons (Fsp3) is 0.312. The lowest BCUT2D eigenvalue weighted by Gasteiger charge is -2.19. The van der Waals surface area contributed by atoms with E-state index in [4.69, 9.17) is 4.74 Å². The Labute approximate surface area is 136 Å². The number of halogens is 3. The van der Waals surface area contributed by atoms with Crippen molar-refractivity contribution in [2.75, 3.05) is 13.1 Å². The van der Waals surface area contributed by atoms with Crippen molar-refractivity contribution < 1.29 is 22.7 Å². The van der Waals surface area contributed by atoms with Crippen LogP contribution in [0.15, 0.2) is 42.9 Å². The molecule has 1 fully saturated rings. The minimum atomic E-state index is -4.57. The summed E-state index contributed by atoms with van der Waals surface area (Å²) in [7, 11) is 0. The van der Waals surface area contributed by atoms with Crippen molar-refractivity contribution in [1.82, 2.24) is 14.9 Å². The molecule has 24 heavy (non-hydrogen) atoms. The van der Waals surface area contributed by atoms with Gasteiger partial charge in [0.2, 0.25) is 5.88 Å². The van der Waals surface area contributed by atoms with Crippen LogP contribution in [0, 0.1) is 0 Å². The summed E-state index contributed by atoms with van der Waals surface area (Å²) in [4.78, 5) is 21.5. The quantitative estimate of drug-likeness (QED) is 0.864. The van der Waals surface area contributed by atoms with Gasteiger partial charge in [-0.05, 0) is 12.1 Å². The van der Waals surface area contributed by atoms with Crippen molar-refractivity contribution in [3.05, 3.63) is 54.0 Å². The number of nitrogens with zero attached hydrogens (tertiary/aromatic N) is 3. The first-order chi connectivity index (χ1) is 11.4. The molecule has 3 rings (SSSR count). The van der Waals surface area contributed by atoms with E-state index in [9.17, 15) is 18.0 Å². The van der Waals surface area contributed by atoms with E-state index < -0.39 is 17.6 Å². The topological polar surface area (TPSA) is 55.3 Å². The summed E-state index contributed by atoms with van der Waals surface area (Å²) in [5.41, 5.74) is -1.26. The van der Waals surface area contributed by atoms with Gasteiger partial charge in [0, 0.05) is 25.2 Å². The first-order valence-corrected chi connectivity index (χ1v) is 7.33. The van der Waals surface area contributed by atoms with Crippen LogP contribution in [0.25, 0.3) is 0 Å². The SMILES string of the molecule is O=C(c1ccccc1C(F)(F)F)N1CC[C@@H](Oc2ccncn2)C1. The second-order valence-corrected chi connectivity index (χ2v) is 5.37. The van der Waals surface area contributed by atoms with Gasteiger partial charge in [0.05, 0.1) is 17.7 Å². The molecule has 1 saturated heterocycles. The summed E-state index contributed by atoms with van der Waals surface area (Å²) in [5.74, 6) is -0.267. The molecule has 0 N–H and O–H groups in total. The number of alkyl halides is 3. The number of hydrogen-bond donors (Lipinski definition) is 0. The van der Waals surface area contributed by atoms with Crippen molar-refractivity contribution in [1.29, 1.82) is 0 Å². The van der Waals surface area contributed by atoms with Crippen molar-refractivity contribution in [3.8, 4) is 5.88 Å². The summed E-state index contributed by atoms with van der Waals surface area (Å²) in [6, 6.07) is 6.39. The van der Waals surface area contributed by atoms with Crippen molar-refractivity contribution in [3.63, 3.8) is 0 Å². The molecule has 2 aromatic rings. The maximum absolute atomic E-state index is 13.1. The van der Waals surface area contributed by atoms with Crippen molar-refractivity contribution >= 4 is 5.91 Å². The van der Waals surface area contributed by atoms with Crippen LogP contribution in [0.3, 0.4) is 0 Å². The standard InChI is InChI=1S/C16H14F3N3O2/c17-16(18,19)13-4-2-1-3-12(13)15(23)22-8-6-11(9-22)24-14-5-7-20-10-21-14/h1-5,7,10-11H,6,8-9H2/t11-/m1/s1. The van der Waals surface area contributed by atoms with Gasteiger partial charge < -0.3 is 9.64 Å². The normalized spacial score (nSPS) is 17.8. The molecule has 1 aromatic heterocycles. The Bertz CT molecular complexity index is 722. The van der Waals surface area contributed by atoms with Gasteiger partial charge in [-0.1, -0.05) is 12.1 Å². The van der Waals surface area contributed by atoms with Crippen LogP contribution in [-0.4, -0.2) is 40.0 Å². The number of aromatic nitrogens is 2. The first-order valence-electron chi connectivity index (χ1n) is 7.33. The highest BCUT2D eigenvalue weighted by Gasteiger charge is 2.37. The molecular formula is C16H14F3N3O2. The minimum Gasteiger partial charge on any atom is -0.472 e. The Kier molecular flexibility index (Phi) is 4.37. The average Bonchev–Trinajstić information content (AvgIpc) is 3.03. The molecule has 0 bridgehead atoms. The van der Waals surface area contributed by atoms with E-state index in [0.717, 1.165) is 6.07 Å². The molecule has 5 nitrogen and oxygen atoms in total. The van der Waals surface area contributed by atoms with E-state index in [1.54, 1.807) is 6.07 Å². The molecule has 0 aliphatic carbocycles. The number of rotatable bonds is 3. The Morgan fingerprint density at radius 2 is 2.04 bits per heavy atom. The molecule has 2 heterocycles. The highest BCUT2D eigenvalue weighted by molar-refractivity contribution is 5.96. The van der Waals surface area contributed by atoms with Crippen LogP contribution >= 0.6 is 0 Å². The zero-order chi connectivity index (χ0) is 17.2. The summed E-state index contributed by atoms with van der Waals surface area (Å²) in [6.45, 7) is 0.551.